The summed E-state index contributed by atoms with van der Waals surface area (Å²) in [6.45, 7) is 6.59. The molecule has 0 aromatic heterocycles. The van der Waals surface area contributed by atoms with Gasteiger partial charge in [0.05, 0.1) is 0 Å². The Labute approximate surface area is 365 Å². The molecule has 6 heteroatoms. The highest BCUT2D eigenvalue weighted by molar-refractivity contribution is 5.71. The van der Waals surface area contributed by atoms with E-state index in [-0.39, 0.29) is 37.5 Å². The first-order valence-electron chi connectivity index (χ1n) is 25.5. The Bertz CT molecular complexity index is 954. The highest BCUT2D eigenvalue weighted by atomic mass is 16.6. The van der Waals surface area contributed by atoms with Crippen LogP contribution in [0.5, 0.6) is 0 Å². The Morgan fingerprint density at radius 2 is 0.610 bits per heavy atom. The molecule has 0 aliphatic carbocycles. The molecule has 0 radical (unpaired) electrons. The molecule has 0 aromatic carbocycles. The number of rotatable bonds is 46. The molecule has 0 aliphatic heterocycles. The number of unbranched alkanes of at least 4 members (excludes halogenated alkanes) is 29. The Kier molecular flexibility index (Phi) is 46.4. The van der Waals surface area contributed by atoms with Gasteiger partial charge in [-0.15, -0.1) is 0 Å². The van der Waals surface area contributed by atoms with Crippen LogP contribution >= 0.6 is 0 Å². The fraction of sp³-hybridized carbons (Fsp3) is 0.830. The molecule has 0 atom stereocenters. The fourth-order valence-electron chi connectivity index (χ4n) is 7.27. The summed E-state index contributed by atoms with van der Waals surface area (Å²) in [5, 5.41) is 0. The molecule has 0 heterocycles. The average molecular weight is 829 g/mol. The summed E-state index contributed by atoms with van der Waals surface area (Å²) in [5.41, 5.74) is 0. The van der Waals surface area contributed by atoms with Crippen molar-refractivity contribution in [1.82, 2.24) is 0 Å². The number of hydrogen-bond donors (Lipinski definition) is 0. The van der Waals surface area contributed by atoms with Crippen molar-refractivity contribution in [2.45, 2.75) is 271 Å². The summed E-state index contributed by atoms with van der Waals surface area (Å²) in [4.78, 5) is 37.9. The van der Waals surface area contributed by atoms with Crippen molar-refractivity contribution in [3.63, 3.8) is 0 Å². The van der Waals surface area contributed by atoms with Gasteiger partial charge in [-0.25, -0.2) is 0 Å². The van der Waals surface area contributed by atoms with Gasteiger partial charge < -0.3 is 14.2 Å². The SMILES string of the molecule is CCCCC/C=C\C/C=C\C/C=C\CCCCC(=O)OC(COC(=O)CCCCCCCCCCCCCCC)COC(=O)CCCCCCCCCCCCCCC. The number of ether oxygens (including phenoxy) is 3. The first-order chi connectivity index (χ1) is 29.0. The van der Waals surface area contributed by atoms with E-state index in [1.54, 1.807) is 0 Å². The van der Waals surface area contributed by atoms with Crippen molar-refractivity contribution in [3.05, 3.63) is 36.5 Å². The van der Waals surface area contributed by atoms with Crippen LogP contribution in [0.15, 0.2) is 36.5 Å². The fourth-order valence-corrected chi connectivity index (χ4v) is 7.27. The van der Waals surface area contributed by atoms with E-state index in [9.17, 15) is 14.4 Å². The molecule has 0 rings (SSSR count). The second-order valence-corrected chi connectivity index (χ2v) is 17.1. The molecule has 0 saturated heterocycles. The maximum Gasteiger partial charge on any atom is 0.306 e. The number of carbonyl (C=O) groups is 3. The van der Waals surface area contributed by atoms with Gasteiger partial charge in [0, 0.05) is 19.3 Å². The lowest BCUT2D eigenvalue weighted by Crippen LogP contribution is -2.30. The van der Waals surface area contributed by atoms with Crippen LogP contribution in [0.2, 0.25) is 0 Å². The zero-order valence-corrected chi connectivity index (χ0v) is 39.3. The van der Waals surface area contributed by atoms with E-state index in [0.717, 1.165) is 64.2 Å². The Balaban J connectivity index is 4.42. The number of hydrogen-bond acceptors (Lipinski definition) is 6. The molecule has 344 valence electrons. The highest BCUT2D eigenvalue weighted by Crippen LogP contribution is 2.15. The van der Waals surface area contributed by atoms with Crippen molar-refractivity contribution in [2.75, 3.05) is 13.2 Å². The lowest BCUT2D eigenvalue weighted by atomic mass is 10.0. The second kappa shape index (κ2) is 48.3. The molecular weight excluding hydrogens is 733 g/mol. The van der Waals surface area contributed by atoms with Gasteiger partial charge in [-0.05, 0) is 57.8 Å². The zero-order chi connectivity index (χ0) is 43.0. The number of allylic oxidation sites excluding steroid dienone is 6. The molecule has 0 N–H and O–H groups in total. The Hall–Kier alpha value is -2.37. The summed E-state index contributed by atoms with van der Waals surface area (Å²) in [5.74, 6) is -0.911. The van der Waals surface area contributed by atoms with Gasteiger partial charge in [0.2, 0.25) is 0 Å². The van der Waals surface area contributed by atoms with Crippen LogP contribution in [0.1, 0.15) is 265 Å². The Morgan fingerprint density at radius 1 is 0.339 bits per heavy atom. The van der Waals surface area contributed by atoms with Crippen molar-refractivity contribution >= 4 is 17.9 Å². The number of carbonyl (C=O) groups excluding carboxylic acids is 3. The van der Waals surface area contributed by atoms with Gasteiger partial charge in [0.25, 0.3) is 0 Å². The Morgan fingerprint density at radius 3 is 0.983 bits per heavy atom. The molecule has 0 amide bonds. The van der Waals surface area contributed by atoms with E-state index < -0.39 is 6.10 Å². The summed E-state index contributed by atoms with van der Waals surface area (Å²) >= 11 is 0. The zero-order valence-electron chi connectivity index (χ0n) is 39.3. The second-order valence-electron chi connectivity index (χ2n) is 17.1. The maximum absolute atomic E-state index is 12.8. The third kappa shape index (κ3) is 46.5. The quantitative estimate of drug-likeness (QED) is 0.0263. The standard InChI is InChI=1S/C53H96O6/c1-4-7-10-13-16-19-22-25-26-29-32-35-38-41-44-47-53(56)59-50(48-57-51(54)45-42-39-36-33-30-27-23-20-17-14-11-8-5-2)49-58-52(55)46-43-40-37-34-31-28-24-21-18-15-12-9-6-3/h16,19,25-26,32,35,50H,4-15,17-18,20-24,27-31,33-34,36-49H2,1-3H3/b19-16-,26-25-,35-32-. The first kappa shape index (κ1) is 56.6. The maximum atomic E-state index is 12.8. The smallest absolute Gasteiger partial charge is 0.306 e. The largest absolute Gasteiger partial charge is 0.462 e. The molecule has 6 nitrogen and oxygen atoms in total. The van der Waals surface area contributed by atoms with E-state index in [2.05, 4.69) is 57.2 Å². The minimum Gasteiger partial charge on any atom is -0.462 e. The molecule has 0 aromatic rings. The molecular formula is C53H96O6. The minimum atomic E-state index is -0.786. The van der Waals surface area contributed by atoms with Crippen molar-refractivity contribution in [3.8, 4) is 0 Å². The van der Waals surface area contributed by atoms with Crippen LogP contribution in [0, 0.1) is 0 Å². The van der Waals surface area contributed by atoms with Crippen LogP contribution in [-0.4, -0.2) is 37.2 Å². The van der Waals surface area contributed by atoms with Crippen molar-refractivity contribution in [2.24, 2.45) is 0 Å². The molecule has 0 unspecified atom stereocenters. The van der Waals surface area contributed by atoms with E-state index in [0.29, 0.717) is 19.3 Å². The van der Waals surface area contributed by atoms with Crippen LogP contribution in [0.4, 0.5) is 0 Å². The van der Waals surface area contributed by atoms with Gasteiger partial charge in [-0.3, -0.25) is 14.4 Å². The van der Waals surface area contributed by atoms with Crippen molar-refractivity contribution < 1.29 is 28.6 Å². The molecule has 59 heavy (non-hydrogen) atoms. The average Bonchev–Trinajstić information content (AvgIpc) is 3.23. The van der Waals surface area contributed by atoms with Gasteiger partial charge >= 0.3 is 17.9 Å². The van der Waals surface area contributed by atoms with Crippen LogP contribution in [-0.2, 0) is 28.6 Å². The lowest BCUT2D eigenvalue weighted by Gasteiger charge is -2.18. The highest BCUT2D eigenvalue weighted by Gasteiger charge is 2.19. The predicted molar refractivity (Wildman–Crippen MR) is 252 cm³/mol. The third-order valence-electron chi connectivity index (χ3n) is 11.1. The topological polar surface area (TPSA) is 78.9 Å². The number of esters is 3. The van der Waals surface area contributed by atoms with Gasteiger partial charge in [0.1, 0.15) is 13.2 Å². The summed E-state index contributed by atoms with van der Waals surface area (Å²) in [6.07, 6.45) is 55.5. The van der Waals surface area contributed by atoms with Crippen LogP contribution in [0.3, 0.4) is 0 Å². The lowest BCUT2D eigenvalue weighted by molar-refractivity contribution is -0.167. The summed E-state index contributed by atoms with van der Waals surface area (Å²) in [7, 11) is 0. The van der Waals surface area contributed by atoms with Crippen LogP contribution in [0.25, 0.3) is 0 Å². The molecule has 0 saturated carbocycles. The molecule has 0 fully saturated rings. The van der Waals surface area contributed by atoms with Gasteiger partial charge in [0.15, 0.2) is 6.10 Å². The van der Waals surface area contributed by atoms with Gasteiger partial charge in [-0.1, -0.05) is 224 Å². The van der Waals surface area contributed by atoms with E-state index >= 15 is 0 Å². The predicted octanol–water partition coefficient (Wildman–Crippen LogP) is 16.5. The third-order valence-corrected chi connectivity index (χ3v) is 11.1. The normalized spacial score (nSPS) is 11.8. The van der Waals surface area contributed by atoms with Crippen LogP contribution < -0.4 is 0 Å². The molecule has 0 spiro atoms. The van der Waals surface area contributed by atoms with E-state index in [1.807, 2.05) is 0 Å². The summed E-state index contributed by atoms with van der Waals surface area (Å²) in [6, 6.07) is 0. The first-order valence-corrected chi connectivity index (χ1v) is 25.5. The van der Waals surface area contributed by atoms with E-state index in [1.165, 1.54) is 154 Å². The van der Waals surface area contributed by atoms with E-state index in [4.69, 9.17) is 14.2 Å². The molecule has 0 bridgehead atoms. The van der Waals surface area contributed by atoms with Gasteiger partial charge in [-0.2, -0.15) is 0 Å². The minimum absolute atomic E-state index is 0.0834. The van der Waals surface area contributed by atoms with Crippen molar-refractivity contribution in [1.29, 1.82) is 0 Å². The summed E-state index contributed by atoms with van der Waals surface area (Å²) < 4.78 is 16.8. The molecule has 0 aliphatic rings. The monoisotopic (exact) mass is 829 g/mol.